The normalized spacial score (nSPS) is 16.6. The van der Waals surface area contributed by atoms with Gasteiger partial charge in [0.2, 0.25) is 5.91 Å². The summed E-state index contributed by atoms with van der Waals surface area (Å²) in [5, 5.41) is 9.98. The van der Waals surface area contributed by atoms with E-state index in [1.807, 2.05) is 0 Å². The van der Waals surface area contributed by atoms with Crippen LogP contribution in [0.5, 0.6) is 0 Å². The molecule has 21 heavy (non-hydrogen) atoms. The van der Waals surface area contributed by atoms with Crippen LogP contribution in [0.4, 0.5) is 0 Å². The second-order valence-corrected chi connectivity index (χ2v) is 4.68. The van der Waals surface area contributed by atoms with Gasteiger partial charge in [-0.1, -0.05) is 11.8 Å². The highest BCUT2D eigenvalue weighted by atomic mass is 32.2. The number of thioether (sulfide) groups is 1. The van der Waals surface area contributed by atoms with Crippen molar-refractivity contribution >= 4 is 46.2 Å². The average molecular weight is 307 g/mol. The molecule has 0 unspecified atom stereocenters. The first-order valence-electron chi connectivity index (χ1n) is 5.54. The van der Waals surface area contributed by atoms with Gasteiger partial charge in [-0.25, -0.2) is 4.99 Å². The van der Waals surface area contributed by atoms with Crippen molar-refractivity contribution in [2.24, 2.45) is 15.7 Å². The van der Waals surface area contributed by atoms with Gasteiger partial charge in [0.05, 0.1) is 12.0 Å². The number of amides is 3. The number of nitrogens with one attached hydrogen (secondary N) is 2. The number of amidine groups is 2. The highest BCUT2D eigenvalue weighted by Gasteiger charge is 2.26. The van der Waals surface area contributed by atoms with E-state index in [4.69, 9.17) is 15.6 Å². The van der Waals surface area contributed by atoms with Crippen molar-refractivity contribution in [3.05, 3.63) is 24.2 Å². The van der Waals surface area contributed by atoms with Crippen molar-refractivity contribution in [2.75, 3.05) is 5.75 Å². The summed E-state index contributed by atoms with van der Waals surface area (Å²) in [5.41, 5.74) is 4.54. The Bertz CT molecular complexity index is 677. The van der Waals surface area contributed by atoms with Gasteiger partial charge in [0.15, 0.2) is 22.5 Å². The molecule has 2 heterocycles. The monoisotopic (exact) mass is 307 g/mol. The lowest BCUT2D eigenvalue weighted by atomic mass is 10.3. The number of carbonyl (C=O) groups is 3. The Kier molecular flexibility index (Phi) is 4.28. The maximum atomic E-state index is 11.8. The summed E-state index contributed by atoms with van der Waals surface area (Å²) in [6.07, 6.45) is 1.29. The number of rotatable bonds is 3. The molecule has 0 fully saturated rings. The highest BCUT2D eigenvalue weighted by molar-refractivity contribution is 8.14. The molecule has 0 atom stereocenters. The van der Waals surface area contributed by atoms with Crippen molar-refractivity contribution in [1.82, 2.24) is 5.32 Å². The molecule has 1 aromatic rings. The van der Waals surface area contributed by atoms with Gasteiger partial charge < -0.3 is 10.2 Å². The Hall–Kier alpha value is -2.75. The molecule has 1 aliphatic rings. The highest BCUT2D eigenvalue weighted by Crippen LogP contribution is 2.08. The van der Waals surface area contributed by atoms with Crippen LogP contribution in [0, 0.1) is 5.41 Å². The van der Waals surface area contributed by atoms with E-state index in [2.05, 4.69) is 15.3 Å². The first-order valence-corrected chi connectivity index (χ1v) is 6.52. The predicted molar refractivity (Wildman–Crippen MR) is 75.4 cm³/mol. The van der Waals surface area contributed by atoms with Crippen LogP contribution in [0.25, 0.3) is 0 Å². The van der Waals surface area contributed by atoms with Crippen LogP contribution in [0.2, 0.25) is 0 Å². The van der Waals surface area contributed by atoms with Gasteiger partial charge in [-0.15, -0.1) is 0 Å². The van der Waals surface area contributed by atoms with Crippen LogP contribution in [0.15, 0.2) is 32.8 Å². The molecule has 3 amide bonds. The molecule has 0 saturated heterocycles. The smallest absolute Gasteiger partial charge is 0.313 e. The van der Waals surface area contributed by atoms with Crippen LogP contribution in [0.1, 0.15) is 10.6 Å². The van der Waals surface area contributed by atoms with Gasteiger partial charge in [-0.2, -0.15) is 4.99 Å². The number of aliphatic imine (C=N–C) groups is 2. The van der Waals surface area contributed by atoms with Gasteiger partial charge in [0.1, 0.15) is 0 Å². The lowest BCUT2D eigenvalue weighted by Gasteiger charge is -2.13. The molecule has 1 aromatic heterocycles. The molecule has 4 N–H and O–H groups in total. The Morgan fingerprint density at radius 2 is 2.29 bits per heavy atom. The Labute approximate surface area is 122 Å². The Morgan fingerprint density at radius 3 is 2.86 bits per heavy atom. The number of furan rings is 1. The summed E-state index contributed by atoms with van der Waals surface area (Å²) in [5.74, 6) is -2.77. The van der Waals surface area contributed by atoms with E-state index in [1.165, 1.54) is 18.4 Å². The van der Waals surface area contributed by atoms with Crippen molar-refractivity contribution in [3.63, 3.8) is 0 Å². The Morgan fingerprint density at radius 1 is 1.52 bits per heavy atom. The summed E-state index contributed by atoms with van der Waals surface area (Å²) < 4.78 is 4.84. The van der Waals surface area contributed by atoms with Crippen molar-refractivity contribution in [2.45, 2.75) is 0 Å². The number of hydrogen-bond acceptors (Lipinski definition) is 6. The quantitative estimate of drug-likeness (QED) is 0.690. The maximum Gasteiger partial charge on any atom is 0.313 e. The van der Waals surface area contributed by atoms with E-state index >= 15 is 0 Å². The summed E-state index contributed by atoms with van der Waals surface area (Å²) >= 11 is 0.876. The molecule has 0 aromatic carbocycles. The Balaban J connectivity index is 2.16. The van der Waals surface area contributed by atoms with Crippen LogP contribution in [0.3, 0.4) is 0 Å². The molecule has 0 radical (unpaired) electrons. The zero-order chi connectivity index (χ0) is 15.4. The van der Waals surface area contributed by atoms with Gasteiger partial charge >= 0.3 is 5.91 Å². The summed E-state index contributed by atoms with van der Waals surface area (Å²) in [4.78, 5) is 41.4. The molecule has 1 aliphatic heterocycles. The number of nitrogens with zero attached hydrogens (tertiary/aromatic N) is 2. The summed E-state index contributed by atoms with van der Waals surface area (Å²) in [7, 11) is 0. The van der Waals surface area contributed by atoms with Crippen LogP contribution < -0.4 is 11.1 Å². The topological polar surface area (TPSA) is 151 Å². The largest absolute Gasteiger partial charge is 0.459 e. The third-order valence-electron chi connectivity index (χ3n) is 2.17. The zero-order valence-electron chi connectivity index (χ0n) is 10.5. The standard InChI is InChI=1S/C11H9N5O4S/c12-6(17)4-21-11-15-8(13)7(10(19)16-11)14-9(18)5-2-1-3-20-5/h1-3H,4H2,(H2,12,17)(H2,13,15,16,19). The van der Waals surface area contributed by atoms with E-state index in [1.54, 1.807) is 0 Å². The molecule has 0 aliphatic carbocycles. The minimum absolute atomic E-state index is 0.0493. The fraction of sp³-hybridized carbons (Fsp3) is 0.0909. The molecule has 0 spiro atoms. The maximum absolute atomic E-state index is 11.8. The molecule has 2 rings (SSSR count). The first-order chi connectivity index (χ1) is 9.97. The average Bonchev–Trinajstić information content (AvgIpc) is 2.94. The fourth-order valence-corrected chi connectivity index (χ4v) is 1.91. The van der Waals surface area contributed by atoms with Crippen LogP contribution in [-0.4, -0.2) is 40.2 Å². The van der Waals surface area contributed by atoms with Gasteiger partial charge in [-0.3, -0.25) is 25.1 Å². The number of primary amides is 1. The number of nitrogens with two attached hydrogens (primary N) is 1. The van der Waals surface area contributed by atoms with Crippen molar-refractivity contribution in [1.29, 1.82) is 5.41 Å². The lowest BCUT2D eigenvalue weighted by molar-refractivity contribution is -0.115. The van der Waals surface area contributed by atoms with Gasteiger partial charge in [-0.05, 0) is 12.1 Å². The number of hydrogen-bond donors (Lipinski definition) is 3. The molecule has 9 nitrogen and oxygen atoms in total. The van der Waals surface area contributed by atoms with Crippen molar-refractivity contribution in [3.8, 4) is 0 Å². The zero-order valence-corrected chi connectivity index (χ0v) is 11.3. The van der Waals surface area contributed by atoms with Crippen molar-refractivity contribution < 1.29 is 18.8 Å². The van der Waals surface area contributed by atoms with E-state index in [0.717, 1.165) is 11.8 Å². The van der Waals surface area contributed by atoms with Gasteiger partial charge in [0, 0.05) is 0 Å². The second-order valence-electron chi connectivity index (χ2n) is 3.72. The van der Waals surface area contributed by atoms with E-state index in [9.17, 15) is 14.4 Å². The molecule has 108 valence electrons. The molecule has 0 saturated carbocycles. The molecule has 0 bridgehead atoms. The second kappa shape index (κ2) is 6.13. The van der Waals surface area contributed by atoms with E-state index < -0.39 is 29.3 Å². The third kappa shape index (κ3) is 3.63. The third-order valence-corrected chi connectivity index (χ3v) is 3.07. The predicted octanol–water partition coefficient (Wildman–Crippen LogP) is -0.458. The van der Waals surface area contributed by atoms with E-state index in [-0.39, 0.29) is 16.7 Å². The SMILES string of the molecule is N=C1N=C(SCC(N)=O)NC(=O)C1=NC(=O)c1ccco1. The van der Waals surface area contributed by atoms with Crippen LogP contribution >= 0.6 is 11.8 Å². The van der Waals surface area contributed by atoms with E-state index in [0.29, 0.717) is 0 Å². The molecule has 10 heteroatoms. The lowest BCUT2D eigenvalue weighted by Crippen LogP contribution is -2.43. The molecular formula is C11H9N5O4S. The first kappa shape index (κ1) is 14.7. The van der Waals surface area contributed by atoms with Gasteiger partial charge in [0.25, 0.3) is 5.91 Å². The number of carbonyl (C=O) groups excluding carboxylic acids is 3. The minimum Gasteiger partial charge on any atom is -0.459 e. The summed E-state index contributed by atoms with van der Waals surface area (Å²) in [6, 6.07) is 2.88. The summed E-state index contributed by atoms with van der Waals surface area (Å²) in [6.45, 7) is 0. The minimum atomic E-state index is -0.793. The van der Waals surface area contributed by atoms with Crippen LogP contribution in [-0.2, 0) is 9.59 Å². The fourth-order valence-electron chi connectivity index (χ4n) is 1.31. The molecular weight excluding hydrogens is 298 g/mol.